The van der Waals surface area contributed by atoms with E-state index in [4.69, 9.17) is 0 Å². The molecule has 0 bridgehead atoms. The van der Waals surface area contributed by atoms with E-state index >= 15 is 0 Å². The summed E-state index contributed by atoms with van der Waals surface area (Å²) in [6.45, 7) is 2.42. The molecule has 2 unspecified atom stereocenters. The van der Waals surface area contributed by atoms with E-state index in [9.17, 15) is 0 Å². The van der Waals surface area contributed by atoms with Gasteiger partial charge in [0.15, 0.2) is 0 Å². The van der Waals surface area contributed by atoms with E-state index in [1.165, 1.54) is 38.5 Å². The van der Waals surface area contributed by atoms with Gasteiger partial charge >= 0.3 is 0 Å². The third kappa shape index (κ3) is 2.19. The van der Waals surface area contributed by atoms with Gasteiger partial charge < -0.3 is 0 Å². The van der Waals surface area contributed by atoms with Crippen LogP contribution >= 0.6 is 15.9 Å². The normalized spacial score (nSPS) is 33.6. The first-order valence-corrected chi connectivity index (χ1v) is 7.83. The molecule has 0 saturated heterocycles. The molecule has 1 aromatic rings. The Morgan fingerprint density at radius 2 is 1.82 bits per heavy atom. The monoisotopic (exact) mass is 292 g/mol. The Morgan fingerprint density at radius 1 is 1.12 bits per heavy atom. The quantitative estimate of drug-likeness (QED) is 0.661. The van der Waals surface area contributed by atoms with Gasteiger partial charge in [0.25, 0.3) is 0 Å². The number of hydrogen-bond acceptors (Lipinski definition) is 0. The van der Waals surface area contributed by atoms with Crippen LogP contribution < -0.4 is 0 Å². The van der Waals surface area contributed by atoms with Crippen LogP contribution in [0.2, 0.25) is 0 Å². The maximum Gasteiger partial charge on any atom is 0.0154 e. The smallest absolute Gasteiger partial charge is 0.0154 e. The number of halogens is 1. The van der Waals surface area contributed by atoms with Gasteiger partial charge in [0.05, 0.1) is 0 Å². The molecule has 2 aliphatic rings. The van der Waals surface area contributed by atoms with Gasteiger partial charge in [-0.3, -0.25) is 0 Å². The maximum absolute atomic E-state index is 3.77. The van der Waals surface area contributed by atoms with Gasteiger partial charge in [-0.15, -0.1) is 0 Å². The summed E-state index contributed by atoms with van der Waals surface area (Å²) < 4.78 is 0. The minimum absolute atomic E-state index is 0.409. The van der Waals surface area contributed by atoms with E-state index in [1.807, 2.05) is 0 Å². The van der Waals surface area contributed by atoms with Crippen molar-refractivity contribution in [2.75, 3.05) is 0 Å². The highest BCUT2D eigenvalue weighted by Crippen LogP contribution is 2.44. The predicted octanol–water partition coefficient (Wildman–Crippen LogP) is 5.16. The van der Waals surface area contributed by atoms with Crippen molar-refractivity contribution in [3.8, 4) is 0 Å². The highest BCUT2D eigenvalue weighted by Gasteiger charge is 2.35. The van der Waals surface area contributed by atoms with Gasteiger partial charge in [-0.05, 0) is 54.6 Å². The first-order chi connectivity index (χ1) is 8.17. The van der Waals surface area contributed by atoms with Crippen LogP contribution in [0.5, 0.6) is 0 Å². The molecule has 0 N–H and O–H groups in total. The summed E-state index contributed by atoms with van der Waals surface area (Å²) >= 11 is 3.77. The zero-order valence-electron chi connectivity index (χ0n) is 10.6. The molecule has 2 fully saturated rings. The number of alkyl halides is 1. The minimum atomic E-state index is 0.409. The van der Waals surface area contributed by atoms with Crippen molar-refractivity contribution in [3.63, 3.8) is 0 Å². The molecule has 0 amide bonds. The van der Waals surface area contributed by atoms with E-state index in [2.05, 4.69) is 47.1 Å². The fourth-order valence-electron chi connectivity index (χ4n) is 3.33. The van der Waals surface area contributed by atoms with Gasteiger partial charge in [0.1, 0.15) is 0 Å². The molecule has 1 aromatic carbocycles. The Hall–Kier alpha value is -0.300. The number of hydrogen-bond donors (Lipinski definition) is 0. The number of rotatable bonds is 2. The summed E-state index contributed by atoms with van der Waals surface area (Å²) in [4.78, 5) is 0.721. The highest BCUT2D eigenvalue weighted by molar-refractivity contribution is 9.09. The molecule has 92 valence electrons. The topological polar surface area (TPSA) is 0 Å². The number of benzene rings is 1. The van der Waals surface area contributed by atoms with Crippen LogP contribution in [0.15, 0.2) is 24.3 Å². The predicted molar refractivity (Wildman–Crippen MR) is 77.0 cm³/mol. The lowest BCUT2D eigenvalue weighted by Crippen LogP contribution is -2.18. The Kier molecular flexibility index (Phi) is 3.06. The highest BCUT2D eigenvalue weighted by atomic mass is 79.9. The Labute approximate surface area is 113 Å². The molecule has 1 heteroatoms. The molecule has 0 radical (unpaired) electrons. The zero-order valence-corrected chi connectivity index (χ0v) is 12.2. The fourth-order valence-corrected chi connectivity index (χ4v) is 4.27. The van der Waals surface area contributed by atoms with E-state index in [0.717, 1.165) is 10.7 Å². The third-order valence-corrected chi connectivity index (χ3v) is 5.65. The van der Waals surface area contributed by atoms with E-state index in [-0.39, 0.29) is 0 Å². The first-order valence-electron chi connectivity index (χ1n) is 6.92. The molecule has 2 aliphatic carbocycles. The molecule has 17 heavy (non-hydrogen) atoms. The zero-order chi connectivity index (χ0) is 11.9. The molecule has 0 aliphatic heterocycles. The van der Waals surface area contributed by atoms with Crippen LogP contribution in [-0.2, 0) is 5.41 Å². The summed E-state index contributed by atoms with van der Waals surface area (Å²) in [6, 6.07) is 9.54. The summed E-state index contributed by atoms with van der Waals surface area (Å²) in [7, 11) is 0. The van der Waals surface area contributed by atoms with Gasteiger partial charge in [-0.1, -0.05) is 53.5 Å². The van der Waals surface area contributed by atoms with Gasteiger partial charge in [0, 0.05) is 4.83 Å². The van der Waals surface area contributed by atoms with Crippen LogP contribution in [0.1, 0.15) is 62.5 Å². The molecule has 2 saturated carbocycles. The van der Waals surface area contributed by atoms with Crippen molar-refractivity contribution >= 4 is 15.9 Å². The van der Waals surface area contributed by atoms with Crippen molar-refractivity contribution in [2.45, 2.75) is 61.6 Å². The average Bonchev–Trinajstić information content (AvgIpc) is 2.58. The van der Waals surface area contributed by atoms with Crippen molar-refractivity contribution in [1.29, 1.82) is 0 Å². The molecular weight excluding hydrogens is 272 g/mol. The fraction of sp³-hybridized carbons (Fsp3) is 0.625. The van der Waals surface area contributed by atoms with E-state index in [0.29, 0.717) is 5.41 Å². The van der Waals surface area contributed by atoms with Gasteiger partial charge in [-0.2, -0.15) is 0 Å². The SMILES string of the molecule is CC1(c2ccc(C3CCC3)cc2)CCC(Br)C1. The second kappa shape index (κ2) is 4.42. The lowest BCUT2D eigenvalue weighted by molar-refractivity contribution is 0.419. The second-order valence-corrected chi connectivity index (χ2v) is 7.45. The molecule has 0 nitrogen and oxygen atoms in total. The van der Waals surface area contributed by atoms with Crippen molar-refractivity contribution in [3.05, 3.63) is 35.4 Å². The largest absolute Gasteiger partial charge is 0.0890 e. The van der Waals surface area contributed by atoms with E-state index in [1.54, 1.807) is 11.1 Å². The average molecular weight is 293 g/mol. The van der Waals surface area contributed by atoms with Crippen LogP contribution in [0.4, 0.5) is 0 Å². The van der Waals surface area contributed by atoms with Crippen LogP contribution in [0, 0.1) is 0 Å². The van der Waals surface area contributed by atoms with Crippen molar-refractivity contribution in [1.82, 2.24) is 0 Å². The van der Waals surface area contributed by atoms with Crippen LogP contribution in [-0.4, -0.2) is 4.83 Å². The molecule has 3 rings (SSSR count). The summed E-state index contributed by atoms with van der Waals surface area (Å²) in [5.41, 5.74) is 3.52. The minimum Gasteiger partial charge on any atom is -0.0890 e. The van der Waals surface area contributed by atoms with Gasteiger partial charge in [0.2, 0.25) is 0 Å². The third-order valence-electron chi connectivity index (χ3n) is 4.87. The van der Waals surface area contributed by atoms with Crippen molar-refractivity contribution in [2.24, 2.45) is 0 Å². The Balaban J connectivity index is 1.79. The summed E-state index contributed by atoms with van der Waals surface area (Å²) in [5.74, 6) is 0.865. The Morgan fingerprint density at radius 3 is 2.29 bits per heavy atom. The summed E-state index contributed by atoms with van der Waals surface area (Å²) in [6.07, 6.45) is 8.16. The van der Waals surface area contributed by atoms with E-state index < -0.39 is 0 Å². The van der Waals surface area contributed by atoms with Gasteiger partial charge in [-0.25, -0.2) is 0 Å². The second-order valence-electron chi connectivity index (χ2n) is 6.15. The summed E-state index contributed by atoms with van der Waals surface area (Å²) in [5, 5.41) is 0. The van der Waals surface area contributed by atoms with Crippen LogP contribution in [0.3, 0.4) is 0 Å². The van der Waals surface area contributed by atoms with Crippen molar-refractivity contribution < 1.29 is 0 Å². The molecule has 0 spiro atoms. The molecule has 0 aromatic heterocycles. The molecular formula is C16H21Br. The molecule has 0 heterocycles. The van der Waals surface area contributed by atoms with Crippen LogP contribution in [0.25, 0.3) is 0 Å². The lowest BCUT2D eigenvalue weighted by Gasteiger charge is -2.28. The lowest BCUT2D eigenvalue weighted by atomic mass is 9.77. The first kappa shape index (κ1) is 11.8. The molecule has 2 atom stereocenters. The Bertz CT molecular complexity index is 390. The standard InChI is InChI=1S/C16H21Br/c1-16(10-9-15(17)11-16)14-7-5-13(6-8-14)12-3-2-4-12/h5-8,12,15H,2-4,9-11H2,1H3. The maximum atomic E-state index is 3.77.